The highest BCUT2D eigenvalue weighted by atomic mass is 32.1. The van der Waals surface area contributed by atoms with Gasteiger partial charge in [-0.15, -0.1) is 11.3 Å². The molecule has 1 aliphatic rings. The minimum absolute atomic E-state index is 0.00554. The van der Waals surface area contributed by atoms with Crippen LogP contribution in [0.15, 0.2) is 48.0 Å². The van der Waals surface area contributed by atoms with Gasteiger partial charge in [0.1, 0.15) is 16.5 Å². The number of aliphatic hydroxyl groups excluding tert-OH is 1. The minimum Gasteiger partial charge on any atom is -0.454 e. The van der Waals surface area contributed by atoms with Gasteiger partial charge in [-0.05, 0) is 29.8 Å². The van der Waals surface area contributed by atoms with E-state index in [2.05, 4.69) is 25.6 Å². The minimum atomic E-state index is 0.00554. The number of fused-ring (bicyclic) bond motifs is 2. The Morgan fingerprint density at radius 2 is 2.03 bits per heavy atom. The second-order valence-electron chi connectivity index (χ2n) is 6.53. The summed E-state index contributed by atoms with van der Waals surface area (Å²) in [4.78, 5) is 14.6. The standard InChI is InChI=1S/C21H18N4O3S/c26-8-6-18-24-20(23-10-14-3-1-2-7-22-14)19-15(11-29-21(19)25-18)13-4-5-16-17(9-13)28-12-27-16/h1-5,7,9,11,26H,6,8,10,12H2,(H,23,24,25). The largest absolute Gasteiger partial charge is 0.454 e. The van der Waals surface area contributed by atoms with E-state index >= 15 is 0 Å². The third-order valence-corrected chi connectivity index (χ3v) is 5.53. The first-order valence-electron chi connectivity index (χ1n) is 9.24. The summed E-state index contributed by atoms with van der Waals surface area (Å²) >= 11 is 1.56. The highest BCUT2D eigenvalue weighted by molar-refractivity contribution is 7.17. The number of thiophene rings is 1. The van der Waals surface area contributed by atoms with Gasteiger partial charge in [-0.2, -0.15) is 0 Å². The van der Waals surface area contributed by atoms with Crippen molar-refractivity contribution in [1.82, 2.24) is 15.0 Å². The molecule has 0 bridgehead atoms. The van der Waals surface area contributed by atoms with Gasteiger partial charge < -0.3 is 19.9 Å². The maximum Gasteiger partial charge on any atom is 0.231 e. The number of nitrogens with one attached hydrogen (secondary N) is 1. The van der Waals surface area contributed by atoms with Crippen molar-refractivity contribution < 1.29 is 14.6 Å². The molecule has 0 saturated carbocycles. The average molecular weight is 406 g/mol. The maximum atomic E-state index is 9.33. The van der Waals surface area contributed by atoms with Gasteiger partial charge in [0, 0.05) is 23.6 Å². The third-order valence-electron chi connectivity index (χ3n) is 4.66. The van der Waals surface area contributed by atoms with Crippen LogP contribution in [0.2, 0.25) is 0 Å². The lowest BCUT2D eigenvalue weighted by atomic mass is 10.1. The summed E-state index contributed by atoms with van der Waals surface area (Å²) in [7, 11) is 0. The second kappa shape index (κ2) is 7.65. The van der Waals surface area contributed by atoms with Crippen LogP contribution >= 0.6 is 11.3 Å². The number of ether oxygens (including phenoxy) is 2. The van der Waals surface area contributed by atoms with Crippen LogP contribution in [0.1, 0.15) is 11.5 Å². The highest BCUT2D eigenvalue weighted by Crippen LogP contribution is 2.41. The number of hydrogen-bond acceptors (Lipinski definition) is 8. The summed E-state index contributed by atoms with van der Waals surface area (Å²) in [5.41, 5.74) is 2.96. The predicted molar refractivity (Wildman–Crippen MR) is 111 cm³/mol. The molecule has 0 aliphatic carbocycles. The van der Waals surface area contributed by atoms with Crippen molar-refractivity contribution in [2.24, 2.45) is 0 Å². The van der Waals surface area contributed by atoms with E-state index in [1.165, 1.54) is 0 Å². The predicted octanol–water partition coefficient (Wildman–Crippen LogP) is 3.63. The molecular formula is C21H18N4O3S. The molecule has 1 aromatic carbocycles. The molecule has 2 N–H and O–H groups in total. The fraction of sp³-hybridized carbons (Fsp3) is 0.190. The molecule has 4 heterocycles. The average Bonchev–Trinajstić information content (AvgIpc) is 3.39. The van der Waals surface area contributed by atoms with Crippen LogP contribution in [0.4, 0.5) is 5.82 Å². The zero-order chi connectivity index (χ0) is 19.6. The normalized spacial score (nSPS) is 12.4. The number of benzene rings is 1. The molecule has 0 spiro atoms. The van der Waals surface area contributed by atoms with Gasteiger partial charge >= 0.3 is 0 Å². The van der Waals surface area contributed by atoms with Crippen LogP contribution in [0.5, 0.6) is 11.5 Å². The number of aliphatic hydroxyl groups is 1. The van der Waals surface area contributed by atoms with Crippen LogP contribution in [0.25, 0.3) is 21.3 Å². The van der Waals surface area contributed by atoms with E-state index in [1.54, 1.807) is 17.5 Å². The Bertz CT molecular complexity index is 1160. The Morgan fingerprint density at radius 1 is 1.10 bits per heavy atom. The van der Waals surface area contributed by atoms with Crippen molar-refractivity contribution in [3.8, 4) is 22.6 Å². The molecule has 0 fully saturated rings. The molecule has 3 aromatic heterocycles. The Morgan fingerprint density at radius 3 is 2.90 bits per heavy atom. The van der Waals surface area contributed by atoms with Crippen LogP contribution in [0, 0.1) is 0 Å². The molecule has 146 valence electrons. The Kier molecular flexibility index (Phi) is 4.71. The lowest BCUT2D eigenvalue weighted by Gasteiger charge is -2.10. The maximum absolute atomic E-state index is 9.33. The molecule has 5 rings (SSSR count). The molecule has 4 aromatic rings. The van der Waals surface area contributed by atoms with Crippen molar-refractivity contribution >= 4 is 27.4 Å². The molecular weight excluding hydrogens is 388 g/mol. The molecule has 29 heavy (non-hydrogen) atoms. The number of pyridine rings is 1. The second-order valence-corrected chi connectivity index (χ2v) is 7.39. The fourth-order valence-corrected chi connectivity index (χ4v) is 4.25. The Balaban J connectivity index is 1.58. The van der Waals surface area contributed by atoms with Gasteiger partial charge in [0.05, 0.1) is 24.2 Å². The van der Waals surface area contributed by atoms with Gasteiger partial charge in [0.2, 0.25) is 6.79 Å². The molecule has 1 aliphatic heterocycles. The lowest BCUT2D eigenvalue weighted by Crippen LogP contribution is -2.07. The smallest absolute Gasteiger partial charge is 0.231 e. The summed E-state index contributed by atoms with van der Waals surface area (Å²) in [6.45, 7) is 0.793. The van der Waals surface area contributed by atoms with Gasteiger partial charge in [0.15, 0.2) is 11.5 Å². The van der Waals surface area contributed by atoms with Crippen LogP contribution < -0.4 is 14.8 Å². The van der Waals surface area contributed by atoms with Gasteiger partial charge in [-0.25, -0.2) is 9.97 Å². The SMILES string of the molecule is OCCc1nc(NCc2ccccn2)c2c(-c3ccc4c(c3)OCO4)csc2n1. The van der Waals surface area contributed by atoms with E-state index in [0.717, 1.165) is 44.4 Å². The van der Waals surface area contributed by atoms with Crippen LogP contribution in [-0.2, 0) is 13.0 Å². The van der Waals surface area contributed by atoms with E-state index in [1.807, 2.05) is 36.4 Å². The Hall–Kier alpha value is -3.23. The number of nitrogens with zero attached hydrogens (tertiary/aromatic N) is 3. The summed E-state index contributed by atoms with van der Waals surface area (Å²) in [5.74, 6) is 2.84. The van der Waals surface area contributed by atoms with Crippen molar-refractivity contribution in [2.45, 2.75) is 13.0 Å². The molecule has 0 atom stereocenters. The van der Waals surface area contributed by atoms with E-state index < -0.39 is 0 Å². The first-order valence-corrected chi connectivity index (χ1v) is 10.1. The van der Waals surface area contributed by atoms with Crippen molar-refractivity contribution in [3.05, 3.63) is 59.5 Å². The van der Waals surface area contributed by atoms with E-state index in [9.17, 15) is 5.11 Å². The van der Waals surface area contributed by atoms with E-state index in [0.29, 0.717) is 18.8 Å². The number of aromatic nitrogens is 3. The molecule has 7 nitrogen and oxygen atoms in total. The van der Waals surface area contributed by atoms with Gasteiger partial charge in [-0.3, -0.25) is 4.98 Å². The quantitative estimate of drug-likeness (QED) is 0.505. The molecule has 0 unspecified atom stereocenters. The topological polar surface area (TPSA) is 89.4 Å². The number of rotatable bonds is 6. The van der Waals surface area contributed by atoms with E-state index in [-0.39, 0.29) is 13.4 Å². The highest BCUT2D eigenvalue weighted by Gasteiger charge is 2.19. The summed E-state index contributed by atoms with van der Waals surface area (Å²) in [6.07, 6.45) is 2.18. The number of hydrogen-bond donors (Lipinski definition) is 2. The zero-order valence-electron chi connectivity index (χ0n) is 15.5. The summed E-state index contributed by atoms with van der Waals surface area (Å²) in [6, 6.07) is 11.7. The summed E-state index contributed by atoms with van der Waals surface area (Å²) in [5, 5.41) is 15.8. The lowest BCUT2D eigenvalue weighted by molar-refractivity contribution is 0.174. The first-order chi connectivity index (χ1) is 14.3. The first kappa shape index (κ1) is 17.8. The zero-order valence-corrected chi connectivity index (χ0v) is 16.3. The monoisotopic (exact) mass is 406 g/mol. The van der Waals surface area contributed by atoms with Crippen LogP contribution in [0.3, 0.4) is 0 Å². The van der Waals surface area contributed by atoms with E-state index in [4.69, 9.17) is 9.47 Å². The van der Waals surface area contributed by atoms with Crippen LogP contribution in [-0.4, -0.2) is 33.5 Å². The van der Waals surface area contributed by atoms with Gasteiger partial charge in [0.25, 0.3) is 0 Å². The number of anilines is 1. The van der Waals surface area contributed by atoms with Crippen molar-refractivity contribution in [1.29, 1.82) is 0 Å². The Labute approximate surface area is 171 Å². The van der Waals surface area contributed by atoms with Crippen molar-refractivity contribution in [3.63, 3.8) is 0 Å². The summed E-state index contributed by atoms with van der Waals surface area (Å²) < 4.78 is 11.0. The molecule has 0 saturated heterocycles. The molecule has 0 amide bonds. The fourth-order valence-electron chi connectivity index (χ4n) is 3.28. The molecule has 8 heteroatoms. The van der Waals surface area contributed by atoms with Crippen molar-refractivity contribution in [2.75, 3.05) is 18.7 Å². The molecule has 0 radical (unpaired) electrons. The van der Waals surface area contributed by atoms with Gasteiger partial charge in [-0.1, -0.05) is 12.1 Å². The third kappa shape index (κ3) is 3.48.